The predicted octanol–water partition coefficient (Wildman–Crippen LogP) is 1.44. The lowest BCUT2D eigenvalue weighted by atomic mass is 9.88. The molecule has 0 radical (unpaired) electrons. The van der Waals surface area contributed by atoms with E-state index in [9.17, 15) is 14.7 Å². The molecule has 110 valence electrons. The highest BCUT2D eigenvalue weighted by Gasteiger charge is 2.27. The molecule has 1 aromatic heterocycles. The maximum atomic E-state index is 11.9. The zero-order valence-electron chi connectivity index (χ0n) is 11.9. The van der Waals surface area contributed by atoms with Gasteiger partial charge in [-0.15, -0.1) is 0 Å². The van der Waals surface area contributed by atoms with Gasteiger partial charge in [-0.2, -0.15) is 0 Å². The Labute approximate surface area is 117 Å². The van der Waals surface area contributed by atoms with Gasteiger partial charge >= 0.3 is 5.63 Å². The van der Waals surface area contributed by atoms with Gasteiger partial charge in [0.15, 0.2) is 0 Å². The second kappa shape index (κ2) is 5.28. The Morgan fingerprint density at radius 1 is 1.30 bits per heavy atom. The number of aryl methyl sites for hydroxylation is 1. The molecule has 6 nitrogen and oxygen atoms in total. The molecule has 0 saturated carbocycles. The maximum Gasteiger partial charge on any atom is 0.337 e. The van der Waals surface area contributed by atoms with Crippen molar-refractivity contribution in [2.24, 2.45) is 5.41 Å². The number of nitrogens with one attached hydrogen (secondary N) is 2. The smallest absolute Gasteiger partial charge is 0.337 e. The minimum atomic E-state index is -1.23. The monoisotopic (exact) mass is 280 g/mol. The number of fused-ring (bicyclic) bond motifs is 1. The Morgan fingerprint density at radius 3 is 2.65 bits per heavy atom. The van der Waals surface area contributed by atoms with Crippen LogP contribution in [0.5, 0.6) is 0 Å². The van der Waals surface area contributed by atoms with Gasteiger partial charge in [0, 0.05) is 6.07 Å². The topological polar surface area (TPSA) is 91.6 Å². The Hall–Kier alpha value is -1.82. The normalized spacial score (nSPS) is 18.2. The van der Waals surface area contributed by atoms with Crippen molar-refractivity contribution >= 4 is 11.8 Å². The summed E-state index contributed by atoms with van der Waals surface area (Å²) >= 11 is 0. The zero-order chi connectivity index (χ0) is 14.9. The highest BCUT2D eigenvalue weighted by molar-refractivity contribution is 6.01. The molecule has 0 saturated heterocycles. The van der Waals surface area contributed by atoms with E-state index in [0.717, 1.165) is 12.8 Å². The first kappa shape index (κ1) is 14.6. The van der Waals surface area contributed by atoms with Crippen molar-refractivity contribution in [3.05, 3.63) is 27.6 Å². The molecule has 0 fully saturated rings. The van der Waals surface area contributed by atoms with Crippen molar-refractivity contribution in [2.75, 3.05) is 5.32 Å². The van der Waals surface area contributed by atoms with E-state index in [0.29, 0.717) is 17.5 Å². The van der Waals surface area contributed by atoms with Crippen molar-refractivity contribution in [2.45, 2.75) is 46.4 Å². The van der Waals surface area contributed by atoms with Crippen molar-refractivity contribution in [3.8, 4) is 0 Å². The van der Waals surface area contributed by atoms with Gasteiger partial charge in [-0.1, -0.05) is 20.8 Å². The van der Waals surface area contributed by atoms with E-state index in [-0.39, 0.29) is 11.3 Å². The number of carbonyl (C=O) groups is 1. The summed E-state index contributed by atoms with van der Waals surface area (Å²) in [5.74, 6) is -0.389. The van der Waals surface area contributed by atoms with Crippen molar-refractivity contribution < 1.29 is 14.3 Å². The molecule has 1 atom stereocenters. The lowest BCUT2D eigenvalue weighted by molar-refractivity contribution is 0.0801. The SMILES string of the molecule is CC(C)(C)CCCc1cc(=O)oc2c1C(=O)NC(O)N2. The fourth-order valence-electron chi connectivity index (χ4n) is 2.25. The van der Waals surface area contributed by atoms with Crippen LogP contribution < -0.4 is 16.3 Å². The van der Waals surface area contributed by atoms with Gasteiger partial charge in [-0.3, -0.25) is 4.79 Å². The molecule has 0 aromatic carbocycles. The number of carbonyl (C=O) groups excluding carboxylic acids is 1. The van der Waals surface area contributed by atoms with Crippen molar-refractivity contribution in [1.82, 2.24) is 5.32 Å². The van der Waals surface area contributed by atoms with E-state index >= 15 is 0 Å². The lowest BCUT2D eigenvalue weighted by Gasteiger charge is -2.24. The molecule has 2 rings (SSSR count). The average molecular weight is 280 g/mol. The third-order valence-corrected chi connectivity index (χ3v) is 3.18. The van der Waals surface area contributed by atoms with Crippen LogP contribution in [0.1, 0.15) is 49.5 Å². The summed E-state index contributed by atoms with van der Waals surface area (Å²) < 4.78 is 4.94. The van der Waals surface area contributed by atoms with E-state index in [2.05, 4.69) is 31.4 Å². The average Bonchev–Trinajstić information content (AvgIpc) is 2.24. The third-order valence-electron chi connectivity index (χ3n) is 3.18. The summed E-state index contributed by atoms with van der Waals surface area (Å²) in [4.78, 5) is 23.4. The second-order valence-corrected chi connectivity index (χ2v) is 6.23. The highest BCUT2D eigenvalue weighted by atomic mass is 16.4. The third kappa shape index (κ3) is 3.39. The molecule has 0 bridgehead atoms. The summed E-state index contributed by atoms with van der Waals surface area (Å²) in [5.41, 5.74) is 0.640. The Kier molecular flexibility index (Phi) is 3.85. The van der Waals surface area contributed by atoms with Crippen LogP contribution in [0.4, 0.5) is 5.88 Å². The predicted molar refractivity (Wildman–Crippen MR) is 74.5 cm³/mol. The van der Waals surface area contributed by atoms with E-state index in [1.54, 1.807) is 0 Å². The van der Waals surface area contributed by atoms with Crippen LogP contribution in [-0.2, 0) is 6.42 Å². The molecule has 1 aliphatic rings. The van der Waals surface area contributed by atoms with Crippen LogP contribution in [0.25, 0.3) is 0 Å². The van der Waals surface area contributed by atoms with Crippen LogP contribution >= 0.6 is 0 Å². The fraction of sp³-hybridized carbons (Fsp3) is 0.571. The quantitative estimate of drug-likeness (QED) is 0.779. The highest BCUT2D eigenvalue weighted by Crippen LogP contribution is 2.26. The molecule has 1 amide bonds. The summed E-state index contributed by atoms with van der Waals surface area (Å²) in [7, 11) is 0. The number of aliphatic hydroxyl groups is 1. The summed E-state index contributed by atoms with van der Waals surface area (Å²) in [5, 5.41) is 14.3. The first-order valence-corrected chi connectivity index (χ1v) is 6.69. The van der Waals surface area contributed by atoms with Gasteiger partial charge in [-0.05, 0) is 30.2 Å². The van der Waals surface area contributed by atoms with Gasteiger partial charge in [0.1, 0.15) is 5.56 Å². The molecule has 0 spiro atoms. The van der Waals surface area contributed by atoms with Gasteiger partial charge in [0.2, 0.25) is 12.2 Å². The number of hydrogen-bond acceptors (Lipinski definition) is 5. The van der Waals surface area contributed by atoms with E-state index < -0.39 is 17.9 Å². The van der Waals surface area contributed by atoms with Gasteiger partial charge in [0.05, 0.1) is 0 Å². The molecule has 6 heteroatoms. The minimum absolute atomic E-state index is 0.0412. The lowest BCUT2D eigenvalue weighted by Crippen LogP contribution is -2.45. The molecule has 2 heterocycles. The maximum absolute atomic E-state index is 11.9. The molecule has 20 heavy (non-hydrogen) atoms. The van der Waals surface area contributed by atoms with Crippen LogP contribution in [0, 0.1) is 5.41 Å². The van der Waals surface area contributed by atoms with Gasteiger partial charge in [-0.25, -0.2) is 4.79 Å². The Bertz CT molecular complexity index is 572. The molecule has 1 aliphatic heterocycles. The second-order valence-electron chi connectivity index (χ2n) is 6.23. The fourth-order valence-corrected chi connectivity index (χ4v) is 2.25. The van der Waals surface area contributed by atoms with E-state index in [4.69, 9.17) is 4.42 Å². The van der Waals surface area contributed by atoms with Crippen molar-refractivity contribution in [3.63, 3.8) is 0 Å². The van der Waals surface area contributed by atoms with Gasteiger partial charge in [0.25, 0.3) is 5.91 Å². The molecule has 1 unspecified atom stereocenters. The Morgan fingerprint density at radius 2 is 2.00 bits per heavy atom. The van der Waals surface area contributed by atoms with Gasteiger partial charge < -0.3 is 20.2 Å². The number of rotatable bonds is 3. The number of hydrogen-bond donors (Lipinski definition) is 3. The number of aliphatic hydroxyl groups excluding tert-OH is 1. The molecular weight excluding hydrogens is 260 g/mol. The minimum Gasteiger partial charge on any atom is -0.406 e. The summed E-state index contributed by atoms with van der Waals surface area (Å²) in [6.07, 6.45) is 1.24. The molecule has 1 aromatic rings. The number of anilines is 1. The largest absolute Gasteiger partial charge is 0.406 e. The zero-order valence-corrected chi connectivity index (χ0v) is 11.9. The molecule has 0 aliphatic carbocycles. The van der Waals surface area contributed by atoms with Crippen LogP contribution in [0.3, 0.4) is 0 Å². The first-order valence-electron chi connectivity index (χ1n) is 6.69. The first-order chi connectivity index (χ1) is 9.26. The molecular formula is C14H20N2O4. The van der Waals surface area contributed by atoms with Crippen LogP contribution in [0.15, 0.2) is 15.3 Å². The number of amides is 1. The van der Waals surface area contributed by atoms with E-state index in [1.807, 2.05) is 0 Å². The summed E-state index contributed by atoms with van der Waals surface area (Å²) in [6.45, 7) is 6.44. The standard InChI is InChI=1S/C14H20N2O4/c1-14(2,3)6-4-5-8-7-9(17)20-12-10(8)11(18)15-13(19)16-12/h7,13,16,19H,4-6H2,1-3H3,(H,15,18). The summed E-state index contributed by atoms with van der Waals surface area (Å²) in [6, 6.07) is 1.35. The van der Waals surface area contributed by atoms with E-state index in [1.165, 1.54) is 6.07 Å². The Balaban J connectivity index is 2.25. The van der Waals surface area contributed by atoms with Crippen LogP contribution in [0.2, 0.25) is 0 Å². The molecule has 3 N–H and O–H groups in total. The van der Waals surface area contributed by atoms with Crippen LogP contribution in [-0.4, -0.2) is 17.4 Å². The van der Waals surface area contributed by atoms with Crippen molar-refractivity contribution in [1.29, 1.82) is 0 Å².